The Bertz CT molecular complexity index is 657. The number of likely N-dealkylation sites (tertiary alicyclic amines) is 1. The van der Waals surface area contributed by atoms with Gasteiger partial charge < -0.3 is 9.30 Å². The van der Waals surface area contributed by atoms with Crippen molar-refractivity contribution in [1.82, 2.24) is 14.3 Å². The zero-order valence-electron chi connectivity index (χ0n) is 12.4. The number of amides is 1. The Labute approximate surface area is 129 Å². The molecule has 112 valence electrons. The van der Waals surface area contributed by atoms with Crippen LogP contribution in [0.2, 0.25) is 5.02 Å². The third-order valence-electron chi connectivity index (χ3n) is 4.28. The van der Waals surface area contributed by atoms with Crippen LogP contribution in [0.25, 0.3) is 5.65 Å². The lowest BCUT2D eigenvalue weighted by Crippen LogP contribution is -2.48. The summed E-state index contributed by atoms with van der Waals surface area (Å²) >= 11 is 5.97. The predicted octanol–water partition coefficient (Wildman–Crippen LogP) is 3.32. The summed E-state index contributed by atoms with van der Waals surface area (Å²) < 4.78 is 1.87. The Balaban J connectivity index is 1.79. The molecule has 0 radical (unpaired) electrons. The highest BCUT2D eigenvalue weighted by Crippen LogP contribution is 2.23. The van der Waals surface area contributed by atoms with Crippen LogP contribution in [0.15, 0.2) is 24.5 Å². The third-order valence-corrected chi connectivity index (χ3v) is 4.50. The fraction of sp³-hybridized carbons (Fsp3) is 0.500. The van der Waals surface area contributed by atoms with Gasteiger partial charge in [-0.3, -0.25) is 4.79 Å². The molecule has 0 saturated carbocycles. The van der Waals surface area contributed by atoms with Crippen molar-refractivity contribution in [3.05, 3.63) is 35.2 Å². The van der Waals surface area contributed by atoms with Crippen LogP contribution in [0, 0.1) is 0 Å². The van der Waals surface area contributed by atoms with Crippen molar-refractivity contribution in [3.8, 4) is 0 Å². The number of carbonyl (C=O) groups excluding carboxylic acids is 1. The zero-order chi connectivity index (χ0) is 15.0. The molecular weight excluding hydrogens is 286 g/mol. The van der Waals surface area contributed by atoms with E-state index in [2.05, 4.69) is 18.8 Å². The Kier molecular flexibility index (Phi) is 3.89. The van der Waals surface area contributed by atoms with E-state index in [-0.39, 0.29) is 5.91 Å². The molecule has 3 rings (SSSR count). The van der Waals surface area contributed by atoms with E-state index in [1.807, 2.05) is 33.8 Å². The smallest absolute Gasteiger partial charge is 0.229 e. The fourth-order valence-corrected chi connectivity index (χ4v) is 3.43. The number of aromatic nitrogens is 2. The van der Waals surface area contributed by atoms with Crippen molar-refractivity contribution < 1.29 is 4.79 Å². The number of nitrogens with zero attached hydrogens (tertiary/aromatic N) is 3. The number of hydrogen-bond acceptors (Lipinski definition) is 2. The lowest BCUT2D eigenvalue weighted by Gasteiger charge is -2.39. The van der Waals surface area contributed by atoms with Crippen molar-refractivity contribution in [2.75, 3.05) is 0 Å². The highest BCUT2D eigenvalue weighted by molar-refractivity contribution is 6.30. The summed E-state index contributed by atoms with van der Waals surface area (Å²) in [6.45, 7) is 4.27. The maximum atomic E-state index is 12.6. The van der Waals surface area contributed by atoms with Gasteiger partial charge >= 0.3 is 0 Å². The van der Waals surface area contributed by atoms with Crippen LogP contribution < -0.4 is 0 Å². The number of pyridine rings is 1. The topological polar surface area (TPSA) is 37.6 Å². The highest BCUT2D eigenvalue weighted by atomic mass is 35.5. The van der Waals surface area contributed by atoms with E-state index in [9.17, 15) is 4.79 Å². The summed E-state index contributed by atoms with van der Waals surface area (Å²) in [6, 6.07) is 4.33. The quantitative estimate of drug-likeness (QED) is 0.853. The van der Waals surface area contributed by atoms with Crippen LogP contribution >= 0.6 is 11.6 Å². The molecule has 1 saturated heterocycles. The average Bonchev–Trinajstić information content (AvgIpc) is 2.79. The molecule has 1 aliphatic heterocycles. The Morgan fingerprint density at radius 1 is 1.29 bits per heavy atom. The van der Waals surface area contributed by atoms with Crippen LogP contribution in [0.1, 0.15) is 38.8 Å². The van der Waals surface area contributed by atoms with Crippen LogP contribution in [0.5, 0.6) is 0 Å². The van der Waals surface area contributed by atoms with E-state index < -0.39 is 0 Å². The van der Waals surface area contributed by atoms with E-state index in [1.54, 1.807) is 0 Å². The first-order chi connectivity index (χ1) is 10.0. The number of halogens is 1. The van der Waals surface area contributed by atoms with Crippen molar-refractivity contribution in [1.29, 1.82) is 0 Å². The Morgan fingerprint density at radius 2 is 2.00 bits per heavy atom. The largest absolute Gasteiger partial charge is 0.337 e. The number of fused-ring (bicyclic) bond motifs is 1. The first-order valence-corrected chi connectivity index (χ1v) is 7.86. The molecule has 0 aliphatic carbocycles. The lowest BCUT2D eigenvalue weighted by atomic mass is 9.97. The minimum absolute atomic E-state index is 0.171. The third kappa shape index (κ3) is 2.91. The van der Waals surface area contributed by atoms with Gasteiger partial charge in [0.15, 0.2) is 0 Å². The number of piperidine rings is 1. The number of rotatable bonds is 2. The van der Waals surface area contributed by atoms with E-state index in [4.69, 9.17) is 11.6 Å². The first kappa shape index (κ1) is 14.4. The van der Waals surface area contributed by atoms with Gasteiger partial charge in [-0.15, -0.1) is 0 Å². The molecule has 4 nitrogen and oxygen atoms in total. The van der Waals surface area contributed by atoms with E-state index >= 15 is 0 Å². The van der Waals surface area contributed by atoms with Crippen LogP contribution in [-0.4, -0.2) is 32.3 Å². The van der Waals surface area contributed by atoms with Crippen molar-refractivity contribution >= 4 is 23.2 Å². The number of carbonyl (C=O) groups is 1. The standard InChI is InChI=1S/C16H20ClN3O/c1-11-4-3-5-12(2)20(11)16(21)8-14-10-19-9-13(17)6-7-15(19)18-14/h6-7,9-12H,3-5,8H2,1-2H3. The van der Waals surface area contributed by atoms with E-state index in [0.717, 1.165) is 24.2 Å². The molecule has 1 fully saturated rings. The lowest BCUT2D eigenvalue weighted by molar-refractivity contribution is -0.136. The number of hydrogen-bond donors (Lipinski definition) is 0. The Hall–Kier alpha value is -1.55. The van der Waals surface area contributed by atoms with Gasteiger partial charge in [-0.25, -0.2) is 4.98 Å². The molecule has 1 aliphatic rings. The second kappa shape index (κ2) is 5.68. The fourth-order valence-electron chi connectivity index (χ4n) is 3.26. The summed E-state index contributed by atoms with van der Waals surface area (Å²) in [6.07, 6.45) is 7.45. The molecule has 2 aromatic heterocycles. The maximum absolute atomic E-state index is 12.6. The van der Waals surface area contributed by atoms with Gasteiger partial charge in [-0.2, -0.15) is 0 Å². The Morgan fingerprint density at radius 3 is 2.71 bits per heavy atom. The summed E-state index contributed by atoms with van der Waals surface area (Å²) in [7, 11) is 0. The molecular formula is C16H20ClN3O. The molecule has 2 unspecified atom stereocenters. The maximum Gasteiger partial charge on any atom is 0.229 e. The molecule has 21 heavy (non-hydrogen) atoms. The minimum Gasteiger partial charge on any atom is -0.337 e. The normalized spacial score (nSPS) is 22.7. The summed E-state index contributed by atoms with van der Waals surface area (Å²) in [5, 5.41) is 0.663. The molecule has 3 heterocycles. The summed E-state index contributed by atoms with van der Waals surface area (Å²) in [4.78, 5) is 19.1. The van der Waals surface area contributed by atoms with Crippen LogP contribution in [-0.2, 0) is 11.2 Å². The van der Waals surface area contributed by atoms with Gasteiger partial charge in [0.05, 0.1) is 17.1 Å². The second-order valence-corrected chi connectivity index (χ2v) is 6.39. The molecule has 0 spiro atoms. The second-order valence-electron chi connectivity index (χ2n) is 5.95. The van der Waals surface area contributed by atoms with Gasteiger partial charge in [-0.1, -0.05) is 11.6 Å². The predicted molar refractivity (Wildman–Crippen MR) is 83.5 cm³/mol. The first-order valence-electron chi connectivity index (χ1n) is 7.49. The average molecular weight is 306 g/mol. The van der Waals surface area contributed by atoms with Gasteiger partial charge in [0.25, 0.3) is 0 Å². The summed E-state index contributed by atoms with van der Waals surface area (Å²) in [5.41, 5.74) is 1.62. The molecule has 0 N–H and O–H groups in total. The zero-order valence-corrected chi connectivity index (χ0v) is 13.2. The van der Waals surface area contributed by atoms with Gasteiger partial charge in [-0.05, 0) is 45.2 Å². The van der Waals surface area contributed by atoms with Crippen molar-refractivity contribution in [2.45, 2.75) is 51.6 Å². The van der Waals surface area contributed by atoms with Crippen molar-refractivity contribution in [3.63, 3.8) is 0 Å². The van der Waals surface area contributed by atoms with Gasteiger partial charge in [0.1, 0.15) is 5.65 Å². The van der Waals surface area contributed by atoms with Crippen LogP contribution in [0.3, 0.4) is 0 Å². The minimum atomic E-state index is 0.171. The number of imidazole rings is 1. The van der Waals surface area contributed by atoms with Gasteiger partial charge in [0.2, 0.25) is 5.91 Å². The highest BCUT2D eigenvalue weighted by Gasteiger charge is 2.29. The van der Waals surface area contributed by atoms with Crippen molar-refractivity contribution in [2.24, 2.45) is 0 Å². The molecule has 0 bridgehead atoms. The molecule has 2 atom stereocenters. The summed E-state index contributed by atoms with van der Waals surface area (Å²) in [5.74, 6) is 0.171. The molecule has 5 heteroatoms. The van der Waals surface area contributed by atoms with E-state index in [1.165, 1.54) is 6.42 Å². The SMILES string of the molecule is CC1CCCC(C)N1C(=O)Cc1cn2cc(Cl)ccc2n1. The van der Waals surface area contributed by atoms with Gasteiger partial charge in [0, 0.05) is 24.5 Å². The van der Waals surface area contributed by atoms with E-state index in [0.29, 0.717) is 23.5 Å². The van der Waals surface area contributed by atoms with Crippen LogP contribution in [0.4, 0.5) is 0 Å². The molecule has 2 aromatic rings. The monoisotopic (exact) mass is 305 g/mol. The molecule has 0 aromatic carbocycles. The molecule has 1 amide bonds.